The summed E-state index contributed by atoms with van der Waals surface area (Å²) < 4.78 is 11.5. The second kappa shape index (κ2) is 12.2. The molecule has 3 heterocycles. The first-order chi connectivity index (χ1) is 19.3. The largest absolute Gasteiger partial charge is 0.437 e. The Morgan fingerprint density at radius 1 is 1.10 bits per heavy atom. The number of carbonyl (C=O) groups is 1. The van der Waals surface area contributed by atoms with Crippen LogP contribution in [0, 0.1) is 6.92 Å². The predicted octanol–water partition coefficient (Wildman–Crippen LogP) is 5.98. The molecule has 1 fully saturated rings. The minimum Gasteiger partial charge on any atom is -0.437 e. The normalized spacial score (nSPS) is 13.4. The molecule has 5 rings (SSSR count). The number of rotatable bonds is 8. The SMILES string of the molecule is CCc1c(Oc2cccc(N3CCN(C(C)=O)CC3)c2Cl)nc(NSc2cnn(C)c2)nc1-c1ccccc1C. The molecule has 0 unspecified atom stereocenters. The zero-order valence-corrected chi connectivity index (χ0v) is 24.6. The van der Waals surface area contributed by atoms with Crippen LogP contribution in [-0.4, -0.2) is 56.7 Å². The van der Waals surface area contributed by atoms with Gasteiger partial charge in [0.25, 0.3) is 0 Å². The molecule has 40 heavy (non-hydrogen) atoms. The lowest BCUT2D eigenvalue weighted by Gasteiger charge is -2.36. The molecule has 11 heteroatoms. The fourth-order valence-corrected chi connectivity index (χ4v) is 5.61. The molecule has 0 saturated carbocycles. The number of halogens is 1. The minimum absolute atomic E-state index is 0.0919. The Bertz CT molecular complexity index is 1520. The quantitative estimate of drug-likeness (QED) is 0.256. The molecule has 9 nitrogen and oxygen atoms in total. The van der Waals surface area contributed by atoms with Gasteiger partial charge >= 0.3 is 0 Å². The number of carbonyl (C=O) groups excluding carboxylic acids is 1. The van der Waals surface area contributed by atoms with Crippen LogP contribution in [-0.2, 0) is 18.3 Å². The molecule has 1 N–H and O–H groups in total. The van der Waals surface area contributed by atoms with E-state index in [1.54, 1.807) is 17.8 Å². The fourth-order valence-electron chi connectivity index (χ4n) is 4.72. The van der Waals surface area contributed by atoms with Crippen molar-refractivity contribution in [1.82, 2.24) is 24.6 Å². The van der Waals surface area contributed by atoms with Gasteiger partial charge < -0.3 is 14.5 Å². The Morgan fingerprint density at radius 3 is 2.55 bits per heavy atom. The number of nitrogens with zero attached hydrogens (tertiary/aromatic N) is 6. The van der Waals surface area contributed by atoms with Crippen LogP contribution in [0.1, 0.15) is 25.0 Å². The molecule has 0 spiro atoms. The summed E-state index contributed by atoms with van der Waals surface area (Å²) in [7, 11) is 1.87. The summed E-state index contributed by atoms with van der Waals surface area (Å²) >= 11 is 8.32. The highest BCUT2D eigenvalue weighted by molar-refractivity contribution is 8.00. The monoisotopic (exact) mass is 577 g/mol. The molecule has 0 aliphatic carbocycles. The third kappa shape index (κ3) is 6.03. The lowest BCUT2D eigenvalue weighted by molar-refractivity contribution is -0.129. The van der Waals surface area contributed by atoms with E-state index in [0.717, 1.165) is 33.0 Å². The number of benzene rings is 2. The van der Waals surface area contributed by atoms with Crippen LogP contribution in [0.15, 0.2) is 59.8 Å². The minimum atomic E-state index is 0.0919. The number of amides is 1. The van der Waals surface area contributed by atoms with Gasteiger partial charge in [-0.25, -0.2) is 4.98 Å². The molecule has 2 aromatic heterocycles. The smallest absolute Gasteiger partial charge is 0.237 e. The average molecular weight is 578 g/mol. The molecule has 0 atom stereocenters. The second-order valence-electron chi connectivity index (χ2n) is 9.59. The van der Waals surface area contributed by atoms with Crippen LogP contribution in [0.3, 0.4) is 0 Å². The molecule has 1 amide bonds. The van der Waals surface area contributed by atoms with Crippen molar-refractivity contribution < 1.29 is 9.53 Å². The number of aryl methyl sites for hydroxylation is 2. The van der Waals surface area contributed by atoms with Crippen LogP contribution >= 0.6 is 23.5 Å². The first-order valence-electron chi connectivity index (χ1n) is 13.2. The Kier molecular flexibility index (Phi) is 8.46. The summed E-state index contributed by atoms with van der Waals surface area (Å²) in [6.45, 7) is 8.46. The molecular formula is C29H32ClN7O2S. The summed E-state index contributed by atoms with van der Waals surface area (Å²) in [5, 5.41) is 4.74. The van der Waals surface area contributed by atoms with E-state index in [2.05, 4.69) is 40.7 Å². The third-order valence-electron chi connectivity index (χ3n) is 6.88. The second-order valence-corrected chi connectivity index (χ2v) is 10.8. The predicted molar refractivity (Wildman–Crippen MR) is 160 cm³/mol. The van der Waals surface area contributed by atoms with Gasteiger partial charge in [0, 0.05) is 57.5 Å². The average Bonchev–Trinajstić information content (AvgIpc) is 3.38. The van der Waals surface area contributed by atoms with Crippen molar-refractivity contribution in [3.63, 3.8) is 0 Å². The maximum atomic E-state index is 11.8. The number of aromatic nitrogens is 4. The molecule has 0 radical (unpaired) electrons. The van der Waals surface area contributed by atoms with Gasteiger partial charge in [-0.15, -0.1) is 0 Å². The number of piperazine rings is 1. The van der Waals surface area contributed by atoms with Crippen LogP contribution in [0.5, 0.6) is 11.6 Å². The van der Waals surface area contributed by atoms with Gasteiger partial charge in [-0.3, -0.25) is 14.2 Å². The fraction of sp³-hybridized carbons (Fsp3) is 0.310. The highest BCUT2D eigenvalue weighted by Crippen LogP contribution is 2.40. The van der Waals surface area contributed by atoms with Gasteiger partial charge in [-0.2, -0.15) is 10.1 Å². The van der Waals surface area contributed by atoms with E-state index in [-0.39, 0.29) is 5.91 Å². The van der Waals surface area contributed by atoms with E-state index >= 15 is 0 Å². The molecule has 1 aliphatic rings. The number of hydrogen-bond donors (Lipinski definition) is 1. The summed E-state index contributed by atoms with van der Waals surface area (Å²) in [5.74, 6) is 1.48. The molecule has 4 aromatic rings. The van der Waals surface area contributed by atoms with Crippen molar-refractivity contribution in [2.75, 3.05) is 35.8 Å². The topological polar surface area (TPSA) is 88.4 Å². The Labute approximate surface area is 243 Å². The standard InChI is InChI=1S/C29H32ClN7O2S/c1-5-22-27(23-10-7-6-9-19(23)2)32-29(34-40-21-17-31-35(4)18-21)33-28(22)39-25-12-8-11-24(26(25)30)37-15-13-36(14-16-37)20(3)38/h6-12,17-18H,5,13-16H2,1-4H3,(H,32,33,34). The lowest BCUT2D eigenvalue weighted by Crippen LogP contribution is -2.48. The van der Waals surface area contributed by atoms with Crippen molar-refractivity contribution in [3.05, 3.63) is 71.0 Å². The summed E-state index contributed by atoms with van der Waals surface area (Å²) in [5.41, 5.74) is 4.70. The van der Waals surface area contributed by atoms with Gasteiger partial charge in [0.2, 0.25) is 17.7 Å². The van der Waals surface area contributed by atoms with E-state index in [9.17, 15) is 4.79 Å². The summed E-state index contributed by atoms with van der Waals surface area (Å²) in [4.78, 5) is 26.4. The number of ether oxygens (including phenoxy) is 1. The van der Waals surface area contributed by atoms with Crippen LogP contribution < -0.4 is 14.4 Å². The van der Waals surface area contributed by atoms with E-state index < -0.39 is 0 Å². The molecule has 1 saturated heterocycles. The van der Waals surface area contributed by atoms with Crippen molar-refractivity contribution in [2.24, 2.45) is 7.05 Å². The Balaban J connectivity index is 1.50. The number of nitrogens with one attached hydrogen (secondary N) is 1. The lowest BCUT2D eigenvalue weighted by atomic mass is 10.0. The zero-order chi connectivity index (χ0) is 28.2. The molecular weight excluding hydrogens is 546 g/mol. The first kappa shape index (κ1) is 27.8. The molecule has 0 bridgehead atoms. The Hall–Kier alpha value is -3.76. The third-order valence-corrected chi connectivity index (χ3v) is 7.99. The van der Waals surface area contributed by atoms with Gasteiger partial charge in [0.05, 0.1) is 22.5 Å². The zero-order valence-electron chi connectivity index (χ0n) is 23.0. The maximum absolute atomic E-state index is 11.8. The molecule has 208 valence electrons. The van der Waals surface area contributed by atoms with E-state index in [1.807, 2.05) is 48.5 Å². The van der Waals surface area contributed by atoms with Crippen LogP contribution in [0.25, 0.3) is 11.3 Å². The van der Waals surface area contributed by atoms with E-state index in [4.69, 9.17) is 26.3 Å². The molecule has 2 aromatic carbocycles. The highest BCUT2D eigenvalue weighted by atomic mass is 35.5. The van der Waals surface area contributed by atoms with Crippen LogP contribution in [0.2, 0.25) is 5.02 Å². The summed E-state index contributed by atoms with van der Waals surface area (Å²) in [6, 6.07) is 13.9. The Morgan fingerprint density at radius 2 is 1.88 bits per heavy atom. The van der Waals surface area contributed by atoms with Gasteiger partial charge in [-0.1, -0.05) is 48.9 Å². The van der Waals surface area contributed by atoms with E-state index in [0.29, 0.717) is 55.2 Å². The van der Waals surface area contributed by atoms with Crippen molar-refractivity contribution in [3.8, 4) is 22.9 Å². The van der Waals surface area contributed by atoms with Gasteiger partial charge in [0.15, 0.2) is 0 Å². The molecule has 1 aliphatic heterocycles. The van der Waals surface area contributed by atoms with Crippen molar-refractivity contribution in [1.29, 1.82) is 0 Å². The number of hydrogen-bond acceptors (Lipinski definition) is 8. The van der Waals surface area contributed by atoms with Crippen LogP contribution in [0.4, 0.5) is 11.6 Å². The van der Waals surface area contributed by atoms with Crippen molar-refractivity contribution in [2.45, 2.75) is 32.1 Å². The van der Waals surface area contributed by atoms with E-state index in [1.165, 1.54) is 11.9 Å². The van der Waals surface area contributed by atoms with Crippen molar-refractivity contribution >= 4 is 41.1 Å². The maximum Gasteiger partial charge on any atom is 0.237 e. The van der Waals surface area contributed by atoms with Gasteiger partial charge in [0.1, 0.15) is 10.8 Å². The van der Waals surface area contributed by atoms with Gasteiger partial charge in [-0.05, 0) is 43.0 Å². The summed E-state index contributed by atoms with van der Waals surface area (Å²) in [6.07, 6.45) is 4.36. The highest BCUT2D eigenvalue weighted by Gasteiger charge is 2.23. The first-order valence-corrected chi connectivity index (χ1v) is 14.4. The number of anilines is 2.